The van der Waals surface area contributed by atoms with Crippen molar-refractivity contribution in [3.8, 4) is 0 Å². The number of ether oxygens (including phenoxy) is 1. The van der Waals surface area contributed by atoms with Crippen LogP contribution in [0.1, 0.15) is 6.92 Å². The molecule has 78 valence electrons. The first kappa shape index (κ1) is 11.3. The smallest absolute Gasteiger partial charge is 0.131 e. The predicted octanol–water partition coefficient (Wildman–Crippen LogP) is 2.21. The summed E-state index contributed by atoms with van der Waals surface area (Å²) in [5, 5.41) is 0.513. The van der Waals surface area contributed by atoms with Crippen molar-refractivity contribution in [2.75, 3.05) is 25.7 Å². The molecule has 4 heteroatoms. The summed E-state index contributed by atoms with van der Waals surface area (Å²) in [6.45, 7) is 2.75. The zero-order chi connectivity index (χ0) is 10.6. The van der Waals surface area contributed by atoms with Crippen molar-refractivity contribution in [2.45, 2.75) is 13.0 Å². The van der Waals surface area contributed by atoms with Gasteiger partial charge in [0.1, 0.15) is 11.0 Å². The third kappa shape index (κ3) is 2.86. The van der Waals surface area contributed by atoms with Gasteiger partial charge >= 0.3 is 0 Å². The maximum Gasteiger partial charge on any atom is 0.131 e. The van der Waals surface area contributed by atoms with Crippen LogP contribution in [-0.4, -0.2) is 31.8 Å². The summed E-state index contributed by atoms with van der Waals surface area (Å²) < 4.78 is 5.07. The summed E-state index contributed by atoms with van der Waals surface area (Å²) in [5.41, 5.74) is 0. The van der Waals surface area contributed by atoms with Crippen molar-refractivity contribution in [1.82, 2.24) is 4.98 Å². The van der Waals surface area contributed by atoms with Crippen LogP contribution in [0, 0.1) is 0 Å². The molecule has 3 nitrogen and oxygen atoms in total. The van der Waals surface area contributed by atoms with Gasteiger partial charge in [0, 0.05) is 14.2 Å². The van der Waals surface area contributed by atoms with Crippen molar-refractivity contribution in [3.63, 3.8) is 0 Å². The summed E-state index contributed by atoms with van der Waals surface area (Å²) in [4.78, 5) is 6.25. The highest BCUT2D eigenvalue weighted by atomic mass is 35.5. The topological polar surface area (TPSA) is 25.4 Å². The lowest BCUT2D eigenvalue weighted by Crippen LogP contribution is -2.33. The Morgan fingerprint density at radius 2 is 2.29 bits per heavy atom. The van der Waals surface area contributed by atoms with E-state index in [9.17, 15) is 0 Å². The van der Waals surface area contributed by atoms with Gasteiger partial charge in [-0.05, 0) is 19.1 Å². The highest BCUT2D eigenvalue weighted by molar-refractivity contribution is 6.29. The van der Waals surface area contributed by atoms with E-state index >= 15 is 0 Å². The normalized spacial score (nSPS) is 12.6. The van der Waals surface area contributed by atoms with Gasteiger partial charge in [-0.15, -0.1) is 0 Å². The Morgan fingerprint density at radius 3 is 2.86 bits per heavy atom. The summed E-state index contributed by atoms with van der Waals surface area (Å²) >= 11 is 5.80. The fraction of sp³-hybridized carbons (Fsp3) is 0.500. The monoisotopic (exact) mass is 214 g/mol. The Bertz CT molecular complexity index is 293. The van der Waals surface area contributed by atoms with Crippen LogP contribution in [0.3, 0.4) is 0 Å². The molecule has 0 aliphatic carbocycles. The van der Waals surface area contributed by atoms with E-state index in [0.29, 0.717) is 11.8 Å². The van der Waals surface area contributed by atoms with E-state index in [1.165, 1.54) is 0 Å². The van der Waals surface area contributed by atoms with Crippen LogP contribution in [0.5, 0.6) is 0 Å². The molecular formula is C10H15ClN2O. The molecule has 1 atom stereocenters. The lowest BCUT2D eigenvalue weighted by molar-refractivity contribution is 0.183. The van der Waals surface area contributed by atoms with Gasteiger partial charge in [0.2, 0.25) is 0 Å². The van der Waals surface area contributed by atoms with Crippen LogP contribution in [0.2, 0.25) is 5.15 Å². The first-order valence-electron chi connectivity index (χ1n) is 4.49. The Labute approximate surface area is 89.7 Å². The molecule has 1 rings (SSSR count). The third-order valence-electron chi connectivity index (χ3n) is 2.13. The number of nitrogens with zero attached hydrogens (tertiary/aromatic N) is 2. The van der Waals surface area contributed by atoms with Crippen LogP contribution in [0.25, 0.3) is 0 Å². The highest BCUT2D eigenvalue weighted by Crippen LogP contribution is 2.15. The predicted molar refractivity (Wildman–Crippen MR) is 59.0 cm³/mol. The second kappa shape index (κ2) is 5.17. The molecule has 14 heavy (non-hydrogen) atoms. The molecule has 0 fully saturated rings. The molecule has 0 saturated carbocycles. The molecule has 0 N–H and O–H groups in total. The first-order valence-corrected chi connectivity index (χ1v) is 4.87. The molecule has 0 spiro atoms. The van der Waals surface area contributed by atoms with Gasteiger partial charge in [0.25, 0.3) is 0 Å². The fourth-order valence-electron chi connectivity index (χ4n) is 1.17. The van der Waals surface area contributed by atoms with E-state index in [0.717, 1.165) is 5.82 Å². The number of hydrogen-bond donors (Lipinski definition) is 0. The number of aromatic nitrogens is 1. The van der Waals surface area contributed by atoms with Gasteiger partial charge in [0.15, 0.2) is 0 Å². The minimum Gasteiger partial charge on any atom is -0.383 e. The molecule has 0 aromatic carbocycles. The molecule has 0 amide bonds. The number of pyridine rings is 1. The maximum atomic E-state index is 5.80. The second-order valence-electron chi connectivity index (χ2n) is 3.23. The Hall–Kier alpha value is -0.800. The molecule has 0 radical (unpaired) electrons. The van der Waals surface area contributed by atoms with E-state index in [1.807, 2.05) is 24.1 Å². The van der Waals surface area contributed by atoms with Crippen molar-refractivity contribution >= 4 is 17.4 Å². The minimum atomic E-state index is 0.283. The molecule has 1 aromatic heterocycles. The number of halogens is 1. The third-order valence-corrected chi connectivity index (χ3v) is 2.34. The SMILES string of the molecule is COCC(C)N(C)c1cccc(Cl)n1. The van der Waals surface area contributed by atoms with Crippen LogP contribution < -0.4 is 4.90 Å². The maximum absolute atomic E-state index is 5.80. The van der Waals surface area contributed by atoms with E-state index < -0.39 is 0 Å². The summed E-state index contributed by atoms with van der Waals surface area (Å²) in [6.07, 6.45) is 0. The first-order chi connectivity index (χ1) is 6.65. The Morgan fingerprint density at radius 1 is 1.57 bits per heavy atom. The summed E-state index contributed by atoms with van der Waals surface area (Å²) in [7, 11) is 3.66. The second-order valence-corrected chi connectivity index (χ2v) is 3.62. The van der Waals surface area contributed by atoms with Crippen molar-refractivity contribution in [3.05, 3.63) is 23.4 Å². The Balaban J connectivity index is 2.73. The molecular weight excluding hydrogens is 200 g/mol. The van der Waals surface area contributed by atoms with Crippen molar-refractivity contribution < 1.29 is 4.74 Å². The molecule has 0 bridgehead atoms. The van der Waals surface area contributed by atoms with Gasteiger partial charge in [-0.2, -0.15) is 0 Å². The van der Waals surface area contributed by atoms with Gasteiger partial charge in [0.05, 0.1) is 12.6 Å². The highest BCUT2D eigenvalue weighted by Gasteiger charge is 2.10. The van der Waals surface area contributed by atoms with Crippen molar-refractivity contribution in [2.24, 2.45) is 0 Å². The van der Waals surface area contributed by atoms with Crippen LogP contribution in [0.4, 0.5) is 5.82 Å². The number of rotatable bonds is 4. The number of anilines is 1. The van der Waals surface area contributed by atoms with E-state index in [1.54, 1.807) is 13.2 Å². The van der Waals surface area contributed by atoms with E-state index in [4.69, 9.17) is 16.3 Å². The average Bonchev–Trinajstić information content (AvgIpc) is 2.17. The molecule has 1 heterocycles. The quantitative estimate of drug-likeness (QED) is 0.719. The van der Waals surface area contributed by atoms with Crippen LogP contribution in [0.15, 0.2) is 18.2 Å². The lowest BCUT2D eigenvalue weighted by atomic mass is 10.3. The fourth-order valence-corrected chi connectivity index (χ4v) is 1.33. The number of hydrogen-bond acceptors (Lipinski definition) is 3. The van der Waals surface area contributed by atoms with Crippen LogP contribution >= 0.6 is 11.6 Å². The Kier molecular flexibility index (Phi) is 4.17. The minimum absolute atomic E-state index is 0.283. The van der Waals surface area contributed by atoms with Crippen molar-refractivity contribution in [1.29, 1.82) is 0 Å². The zero-order valence-corrected chi connectivity index (χ0v) is 9.45. The zero-order valence-electron chi connectivity index (χ0n) is 8.70. The van der Waals surface area contributed by atoms with Gasteiger partial charge < -0.3 is 9.64 Å². The van der Waals surface area contributed by atoms with E-state index in [2.05, 4.69) is 11.9 Å². The van der Waals surface area contributed by atoms with Gasteiger partial charge in [-0.3, -0.25) is 0 Å². The molecule has 1 aromatic rings. The molecule has 0 aliphatic rings. The standard InChI is InChI=1S/C10H15ClN2O/c1-8(7-14-3)13(2)10-6-4-5-9(11)12-10/h4-6,8H,7H2,1-3H3. The molecule has 0 aliphatic heterocycles. The number of likely N-dealkylation sites (N-methyl/N-ethyl adjacent to an activating group) is 1. The average molecular weight is 215 g/mol. The number of methoxy groups -OCH3 is 1. The van der Waals surface area contributed by atoms with E-state index in [-0.39, 0.29) is 6.04 Å². The lowest BCUT2D eigenvalue weighted by Gasteiger charge is -2.25. The molecule has 1 unspecified atom stereocenters. The van der Waals surface area contributed by atoms with Gasteiger partial charge in [-0.1, -0.05) is 17.7 Å². The molecule has 0 saturated heterocycles. The summed E-state index contributed by atoms with van der Waals surface area (Å²) in [6, 6.07) is 5.87. The van der Waals surface area contributed by atoms with Gasteiger partial charge in [-0.25, -0.2) is 4.98 Å². The van der Waals surface area contributed by atoms with Crippen LogP contribution in [-0.2, 0) is 4.74 Å². The summed E-state index contributed by atoms with van der Waals surface area (Å²) in [5.74, 6) is 0.863. The largest absolute Gasteiger partial charge is 0.383 e.